The Bertz CT molecular complexity index is 1450. The van der Waals surface area contributed by atoms with Crippen LogP contribution in [0, 0.1) is 11.8 Å². The topological polar surface area (TPSA) is 139 Å². The highest BCUT2D eigenvalue weighted by atomic mass is 16.5. The number of benzene rings is 2. The number of fused-ring (bicyclic) bond motifs is 2. The van der Waals surface area contributed by atoms with Crippen LogP contribution in [0.3, 0.4) is 0 Å². The Hall–Kier alpha value is -3.83. The van der Waals surface area contributed by atoms with Gasteiger partial charge >= 0.3 is 0 Å². The van der Waals surface area contributed by atoms with Crippen molar-refractivity contribution in [3.05, 3.63) is 54.6 Å². The van der Waals surface area contributed by atoms with Gasteiger partial charge in [0.25, 0.3) is 0 Å². The second kappa shape index (κ2) is 10.9. The molecule has 3 fully saturated rings. The zero-order chi connectivity index (χ0) is 28.6. The number of ether oxygens (including phenoxy) is 1. The number of unbranched alkanes of at least 4 members (excludes halogenated alkanes) is 2. The molecule has 3 saturated heterocycles. The number of hydrogen-bond acceptors (Lipinski definition) is 7. The number of carbonyl (C=O) groups is 3. The van der Waals surface area contributed by atoms with E-state index in [9.17, 15) is 19.5 Å². The first-order valence-electron chi connectivity index (χ1n) is 14.5. The molecule has 0 radical (unpaired) electrons. The molecule has 4 heterocycles. The van der Waals surface area contributed by atoms with Gasteiger partial charge in [-0.3, -0.25) is 14.4 Å². The number of anilines is 1. The van der Waals surface area contributed by atoms with Gasteiger partial charge in [0.2, 0.25) is 17.7 Å². The van der Waals surface area contributed by atoms with Gasteiger partial charge in [0.1, 0.15) is 23.8 Å². The van der Waals surface area contributed by atoms with Crippen molar-refractivity contribution in [2.75, 3.05) is 18.5 Å². The zero-order valence-electron chi connectivity index (χ0n) is 23.2. The average molecular weight is 561 g/mol. The SMILES string of the molecule is CC[C@@]12CCC3(O1)C(C(=O)NCn1nnc4ccccc41)N(CCCCCO)C(=O)[C@@H]3[C@@H]2C(=O)Nc1ccccc1. The summed E-state index contributed by atoms with van der Waals surface area (Å²) in [5, 5.41) is 23.6. The fourth-order valence-electron chi connectivity index (χ4n) is 7.25. The summed E-state index contributed by atoms with van der Waals surface area (Å²) in [6.07, 6.45) is 3.63. The molecule has 2 aromatic carbocycles. The van der Waals surface area contributed by atoms with Crippen molar-refractivity contribution in [2.45, 2.75) is 69.4 Å². The highest BCUT2D eigenvalue weighted by Crippen LogP contribution is 2.64. The third-order valence-corrected chi connectivity index (χ3v) is 9.13. The van der Waals surface area contributed by atoms with Crippen LogP contribution >= 0.6 is 0 Å². The first kappa shape index (κ1) is 27.3. The molecular formula is C30H36N6O5. The first-order valence-corrected chi connectivity index (χ1v) is 14.5. The Balaban J connectivity index is 1.30. The van der Waals surface area contributed by atoms with E-state index >= 15 is 0 Å². The zero-order valence-corrected chi connectivity index (χ0v) is 23.2. The van der Waals surface area contributed by atoms with Crippen molar-refractivity contribution in [1.29, 1.82) is 0 Å². The number of nitrogens with one attached hydrogen (secondary N) is 2. The largest absolute Gasteiger partial charge is 0.396 e. The van der Waals surface area contributed by atoms with Crippen LogP contribution in [0.15, 0.2) is 54.6 Å². The van der Waals surface area contributed by atoms with Gasteiger partial charge in [-0.25, -0.2) is 4.68 Å². The summed E-state index contributed by atoms with van der Waals surface area (Å²) >= 11 is 0. The molecule has 3 N–H and O–H groups in total. The van der Waals surface area contributed by atoms with Gasteiger partial charge in [0.05, 0.1) is 23.0 Å². The number of para-hydroxylation sites is 2. The van der Waals surface area contributed by atoms with Gasteiger partial charge in [0, 0.05) is 18.8 Å². The van der Waals surface area contributed by atoms with Gasteiger partial charge in [-0.15, -0.1) is 5.10 Å². The predicted octanol–water partition coefficient (Wildman–Crippen LogP) is 2.46. The summed E-state index contributed by atoms with van der Waals surface area (Å²) in [6.45, 7) is 2.47. The van der Waals surface area contributed by atoms with Crippen LogP contribution in [0.5, 0.6) is 0 Å². The second-order valence-electron chi connectivity index (χ2n) is 11.3. The lowest BCUT2D eigenvalue weighted by atomic mass is 9.65. The van der Waals surface area contributed by atoms with Crippen LogP contribution in [0.1, 0.15) is 45.4 Å². The quantitative estimate of drug-likeness (QED) is 0.306. The molecule has 0 saturated carbocycles. The van der Waals surface area contributed by atoms with Gasteiger partial charge in [-0.2, -0.15) is 0 Å². The molecule has 3 aromatic rings. The lowest BCUT2D eigenvalue weighted by Gasteiger charge is -2.34. The van der Waals surface area contributed by atoms with E-state index in [1.165, 1.54) is 0 Å². The minimum absolute atomic E-state index is 0.0696. The van der Waals surface area contributed by atoms with Crippen LogP contribution in [0.2, 0.25) is 0 Å². The Labute approximate surface area is 238 Å². The van der Waals surface area contributed by atoms with E-state index in [4.69, 9.17) is 4.74 Å². The molecule has 216 valence electrons. The van der Waals surface area contributed by atoms with Crippen molar-refractivity contribution >= 4 is 34.4 Å². The maximum absolute atomic E-state index is 14.2. The van der Waals surface area contributed by atoms with Crippen LogP contribution in [0.4, 0.5) is 5.69 Å². The number of nitrogens with zero attached hydrogens (tertiary/aromatic N) is 4. The number of aromatic nitrogens is 3. The average Bonchev–Trinajstić information content (AvgIpc) is 3.72. The Morgan fingerprint density at radius 3 is 2.61 bits per heavy atom. The van der Waals surface area contributed by atoms with E-state index in [2.05, 4.69) is 20.9 Å². The number of aliphatic hydroxyl groups excluding tert-OH is 1. The molecule has 11 nitrogen and oxygen atoms in total. The van der Waals surface area contributed by atoms with Crippen molar-refractivity contribution in [2.24, 2.45) is 11.8 Å². The van der Waals surface area contributed by atoms with E-state index in [1.807, 2.05) is 61.5 Å². The van der Waals surface area contributed by atoms with Gasteiger partial charge in [0.15, 0.2) is 0 Å². The predicted molar refractivity (Wildman–Crippen MR) is 150 cm³/mol. The van der Waals surface area contributed by atoms with Crippen LogP contribution in [-0.2, 0) is 25.8 Å². The van der Waals surface area contributed by atoms with Gasteiger partial charge in [-0.05, 0) is 62.8 Å². The number of rotatable bonds is 11. The van der Waals surface area contributed by atoms with E-state index in [1.54, 1.807) is 9.58 Å². The highest BCUT2D eigenvalue weighted by Gasteiger charge is 2.78. The standard InChI is InChI=1S/C30H36N6O5/c1-2-29-15-16-30(41-29)24(23(29)26(38)32-20-11-5-3-6-12-20)28(40)35(17-9-4-10-18-37)25(30)27(39)31-19-36-22-14-8-7-13-21(22)33-34-36/h3,5-8,11-14,23-25,37H,2,4,9-10,15-19H2,1H3,(H,31,39)(H,32,38)/t23-,24+,25?,29+,30?/m1/s1. The molecule has 0 aliphatic carbocycles. The number of likely N-dealkylation sites (tertiary alicyclic amines) is 1. The highest BCUT2D eigenvalue weighted by molar-refractivity contribution is 6.02. The molecule has 3 aliphatic rings. The molecular weight excluding hydrogens is 524 g/mol. The fraction of sp³-hybridized carbons (Fsp3) is 0.500. The number of amides is 3. The summed E-state index contributed by atoms with van der Waals surface area (Å²) in [6, 6.07) is 15.8. The van der Waals surface area contributed by atoms with Crippen molar-refractivity contribution < 1.29 is 24.2 Å². The minimum atomic E-state index is -1.10. The molecule has 5 atom stereocenters. The van der Waals surface area contributed by atoms with Crippen molar-refractivity contribution in [1.82, 2.24) is 25.2 Å². The van der Waals surface area contributed by atoms with Crippen molar-refractivity contribution in [3.8, 4) is 0 Å². The molecule has 1 aromatic heterocycles. The summed E-state index contributed by atoms with van der Waals surface area (Å²) < 4.78 is 8.41. The van der Waals surface area contributed by atoms with Crippen LogP contribution < -0.4 is 10.6 Å². The molecule has 3 aliphatic heterocycles. The summed E-state index contributed by atoms with van der Waals surface area (Å²) in [5.74, 6) is -2.29. The molecule has 41 heavy (non-hydrogen) atoms. The first-order chi connectivity index (χ1) is 19.9. The summed E-state index contributed by atoms with van der Waals surface area (Å²) in [7, 11) is 0. The smallest absolute Gasteiger partial charge is 0.247 e. The lowest BCUT2D eigenvalue weighted by Crippen LogP contribution is -2.55. The van der Waals surface area contributed by atoms with Crippen LogP contribution in [-0.4, -0.2) is 73.1 Å². The van der Waals surface area contributed by atoms with E-state index in [-0.39, 0.29) is 31.0 Å². The maximum Gasteiger partial charge on any atom is 0.247 e. The van der Waals surface area contributed by atoms with E-state index in [0.29, 0.717) is 44.3 Å². The van der Waals surface area contributed by atoms with E-state index in [0.717, 1.165) is 17.5 Å². The fourth-order valence-corrected chi connectivity index (χ4v) is 7.25. The Morgan fingerprint density at radius 2 is 1.83 bits per heavy atom. The lowest BCUT2D eigenvalue weighted by molar-refractivity contribution is -0.146. The Kier molecular flexibility index (Phi) is 7.25. The number of hydrogen-bond donors (Lipinski definition) is 3. The maximum atomic E-state index is 14.2. The molecule has 2 bridgehead atoms. The minimum Gasteiger partial charge on any atom is -0.396 e. The molecule has 11 heteroatoms. The second-order valence-corrected chi connectivity index (χ2v) is 11.3. The third kappa shape index (κ3) is 4.47. The van der Waals surface area contributed by atoms with Crippen LogP contribution in [0.25, 0.3) is 11.0 Å². The monoisotopic (exact) mass is 560 g/mol. The number of carbonyl (C=O) groups excluding carboxylic acids is 3. The molecule has 1 spiro atoms. The normalized spacial score (nSPS) is 28.3. The molecule has 3 amide bonds. The summed E-state index contributed by atoms with van der Waals surface area (Å²) in [4.78, 5) is 43.7. The Morgan fingerprint density at radius 1 is 1.05 bits per heavy atom. The third-order valence-electron chi connectivity index (χ3n) is 9.13. The van der Waals surface area contributed by atoms with Gasteiger partial charge in [-0.1, -0.05) is 42.5 Å². The van der Waals surface area contributed by atoms with Crippen molar-refractivity contribution in [3.63, 3.8) is 0 Å². The van der Waals surface area contributed by atoms with Gasteiger partial charge < -0.3 is 25.4 Å². The molecule has 2 unspecified atom stereocenters. The van der Waals surface area contributed by atoms with E-state index < -0.39 is 29.1 Å². The summed E-state index contributed by atoms with van der Waals surface area (Å²) in [5.41, 5.74) is 0.242. The molecule has 6 rings (SSSR count). The number of aliphatic hydroxyl groups is 1.